The fraction of sp³-hybridized carbons (Fsp3) is 0.444. The van der Waals surface area contributed by atoms with E-state index < -0.39 is 21.9 Å². The van der Waals surface area contributed by atoms with Crippen LogP contribution in [0.15, 0.2) is 29.2 Å². The van der Waals surface area contributed by atoms with Crippen molar-refractivity contribution in [1.29, 1.82) is 0 Å². The number of halogens is 3. The van der Waals surface area contributed by atoms with Crippen LogP contribution in [0.2, 0.25) is 0 Å². The number of hydrogen-bond donors (Lipinski definition) is 0. The lowest BCUT2D eigenvalue weighted by atomic mass is 10.3. The molecule has 29 heavy (non-hydrogen) atoms. The molecule has 3 rings (SSSR count). The van der Waals surface area contributed by atoms with Gasteiger partial charge >= 0.3 is 6.18 Å². The van der Waals surface area contributed by atoms with Gasteiger partial charge in [-0.05, 0) is 31.2 Å². The van der Waals surface area contributed by atoms with E-state index in [-0.39, 0.29) is 10.6 Å². The third kappa shape index (κ3) is 3.64. The van der Waals surface area contributed by atoms with Crippen LogP contribution in [-0.2, 0) is 29.8 Å². The van der Waals surface area contributed by atoms with Crippen molar-refractivity contribution in [2.24, 2.45) is 7.05 Å². The van der Waals surface area contributed by atoms with Crippen LogP contribution in [0.3, 0.4) is 0 Å². The zero-order valence-electron chi connectivity index (χ0n) is 16.5. The summed E-state index contributed by atoms with van der Waals surface area (Å²) in [5.74, 6) is 0.297. The molecular formula is C18H22F3N5O2S. The monoisotopic (exact) mass is 429 g/mol. The molecule has 2 heterocycles. The summed E-state index contributed by atoms with van der Waals surface area (Å²) in [4.78, 5) is 4.55. The summed E-state index contributed by atoms with van der Waals surface area (Å²) in [7, 11) is -2.26. The first-order chi connectivity index (χ1) is 13.5. The minimum absolute atomic E-state index is 0.0991. The van der Waals surface area contributed by atoms with Crippen molar-refractivity contribution < 1.29 is 21.6 Å². The maximum atomic E-state index is 13.0. The number of fused-ring (bicyclic) bond motifs is 1. The van der Waals surface area contributed by atoms with Gasteiger partial charge in [0.1, 0.15) is 5.69 Å². The van der Waals surface area contributed by atoms with Crippen LogP contribution in [0.4, 0.5) is 13.2 Å². The first-order valence-electron chi connectivity index (χ1n) is 9.16. The third-order valence-electron chi connectivity index (χ3n) is 4.78. The second kappa shape index (κ2) is 7.45. The van der Waals surface area contributed by atoms with Gasteiger partial charge in [0.15, 0.2) is 11.5 Å². The summed E-state index contributed by atoms with van der Waals surface area (Å²) in [6.45, 7) is 6.46. The van der Waals surface area contributed by atoms with Crippen LogP contribution in [0.1, 0.15) is 26.5 Å². The van der Waals surface area contributed by atoms with E-state index in [1.54, 1.807) is 24.5 Å². The summed E-state index contributed by atoms with van der Waals surface area (Å²) in [6.07, 6.45) is -4.57. The molecule has 11 heteroatoms. The molecular weight excluding hydrogens is 407 g/mol. The number of sulfonamides is 1. The smallest absolute Gasteiger partial charge is 0.323 e. The molecule has 0 N–H and O–H groups in total. The molecule has 0 unspecified atom stereocenters. The largest absolute Gasteiger partial charge is 0.435 e. The lowest BCUT2D eigenvalue weighted by Gasteiger charge is -2.18. The Balaban J connectivity index is 2.18. The Kier molecular flexibility index (Phi) is 5.48. The topological polar surface area (TPSA) is 73.0 Å². The normalized spacial score (nSPS) is 13.0. The molecule has 1 aromatic carbocycles. The van der Waals surface area contributed by atoms with Crippen LogP contribution >= 0.6 is 0 Å². The molecule has 0 aliphatic heterocycles. The number of imidazole rings is 1. The van der Waals surface area contributed by atoms with Gasteiger partial charge < -0.3 is 4.57 Å². The highest BCUT2D eigenvalue weighted by Gasteiger charge is 2.35. The summed E-state index contributed by atoms with van der Waals surface area (Å²) in [5.41, 5.74) is 0.221. The summed E-state index contributed by atoms with van der Waals surface area (Å²) < 4.78 is 68.9. The van der Waals surface area contributed by atoms with Gasteiger partial charge in [0.05, 0.1) is 15.9 Å². The highest BCUT2D eigenvalue weighted by atomic mass is 32.2. The maximum absolute atomic E-state index is 13.0. The molecule has 0 spiro atoms. The van der Waals surface area contributed by atoms with E-state index >= 15 is 0 Å². The van der Waals surface area contributed by atoms with Gasteiger partial charge in [-0.1, -0.05) is 13.8 Å². The third-order valence-corrected chi connectivity index (χ3v) is 6.82. The Morgan fingerprint density at radius 3 is 2.28 bits per heavy atom. The van der Waals surface area contributed by atoms with Gasteiger partial charge in [-0.3, -0.25) is 4.68 Å². The van der Waals surface area contributed by atoms with Crippen molar-refractivity contribution in [3.8, 4) is 11.5 Å². The number of alkyl halides is 3. The lowest BCUT2D eigenvalue weighted by Crippen LogP contribution is -2.30. The zero-order chi connectivity index (χ0) is 21.6. The van der Waals surface area contributed by atoms with Crippen molar-refractivity contribution in [1.82, 2.24) is 23.6 Å². The molecule has 2 aromatic heterocycles. The summed E-state index contributed by atoms with van der Waals surface area (Å²) in [5, 5.41) is 3.54. The molecule has 0 amide bonds. The maximum Gasteiger partial charge on any atom is 0.435 e. The molecule has 0 bridgehead atoms. The highest BCUT2D eigenvalue weighted by molar-refractivity contribution is 7.89. The predicted octanol–water partition coefficient (Wildman–Crippen LogP) is 3.51. The van der Waals surface area contributed by atoms with E-state index in [4.69, 9.17) is 0 Å². The molecule has 0 aliphatic rings. The van der Waals surface area contributed by atoms with E-state index in [1.165, 1.54) is 23.5 Å². The van der Waals surface area contributed by atoms with E-state index in [0.717, 1.165) is 10.7 Å². The van der Waals surface area contributed by atoms with Gasteiger partial charge in [-0.15, -0.1) is 0 Å². The van der Waals surface area contributed by atoms with Crippen molar-refractivity contribution in [3.05, 3.63) is 30.0 Å². The molecule has 0 atom stereocenters. The molecule has 7 nitrogen and oxygen atoms in total. The number of benzene rings is 1. The molecule has 0 fully saturated rings. The number of nitrogens with zero attached hydrogens (tertiary/aromatic N) is 5. The minimum atomic E-state index is -4.57. The average Bonchev–Trinajstić information content (AvgIpc) is 3.21. The van der Waals surface area contributed by atoms with Crippen molar-refractivity contribution >= 4 is 21.1 Å². The van der Waals surface area contributed by atoms with Gasteiger partial charge in [0, 0.05) is 26.7 Å². The zero-order valence-corrected chi connectivity index (χ0v) is 17.3. The van der Waals surface area contributed by atoms with Gasteiger partial charge in [0.2, 0.25) is 10.0 Å². The van der Waals surface area contributed by atoms with Crippen molar-refractivity contribution in [2.45, 2.75) is 38.4 Å². The van der Waals surface area contributed by atoms with Gasteiger partial charge in [-0.25, -0.2) is 13.4 Å². The van der Waals surface area contributed by atoms with Crippen LogP contribution < -0.4 is 0 Å². The molecule has 3 aromatic rings. The Morgan fingerprint density at radius 1 is 1.10 bits per heavy atom. The Bertz CT molecular complexity index is 1140. The van der Waals surface area contributed by atoms with Crippen LogP contribution in [-0.4, -0.2) is 45.1 Å². The van der Waals surface area contributed by atoms with E-state index in [1.807, 2.05) is 6.92 Å². The quantitative estimate of drug-likeness (QED) is 0.601. The van der Waals surface area contributed by atoms with Crippen molar-refractivity contribution in [2.75, 3.05) is 13.1 Å². The van der Waals surface area contributed by atoms with Gasteiger partial charge in [-0.2, -0.15) is 22.6 Å². The number of rotatable bonds is 6. The van der Waals surface area contributed by atoms with Crippen molar-refractivity contribution in [3.63, 3.8) is 0 Å². The molecule has 0 radical (unpaired) electrons. The fourth-order valence-electron chi connectivity index (χ4n) is 3.31. The van der Waals surface area contributed by atoms with Gasteiger partial charge in [0.25, 0.3) is 0 Å². The number of hydrogen-bond acceptors (Lipinski definition) is 4. The van der Waals surface area contributed by atoms with Crippen LogP contribution in [0.5, 0.6) is 0 Å². The summed E-state index contributed by atoms with van der Waals surface area (Å²) >= 11 is 0. The average molecular weight is 429 g/mol. The minimum Gasteiger partial charge on any atom is -0.323 e. The lowest BCUT2D eigenvalue weighted by molar-refractivity contribution is -0.141. The second-order valence-electron chi connectivity index (χ2n) is 6.46. The Labute approximate surface area is 166 Å². The molecule has 0 saturated carbocycles. The SMILES string of the molecule is CCN(CC)S(=O)(=O)c1ccc2c(c1)nc(-c1cc(C(F)(F)F)nn1C)n2CC. The Morgan fingerprint density at radius 2 is 1.76 bits per heavy atom. The fourth-order valence-corrected chi connectivity index (χ4v) is 4.79. The molecule has 158 valence electrons. The first kappa shape index (κ1) is 21.3. The van der Waals surface area contributed by atoms with E-state index in [0.29, 0.717) is 36.5 Å². The predicted molar refractivity (Wildman–Crippen MR) is 103 cm³/mol. The molecule has 0 saturated heterocycles. The summed E-state index contributed by atoms with van der Waals surface area (Å²) in [6, 6.07) is 5.53. The number of aryl methyl sites for hydroxylation is 2. The standard InChI is InChI=1S/C18H22F3N5O2S/c1-5-25(6-2)29(27,28)12-8-9-14-13(10-12)22-17(26(14)7-3)15-11-16(18(19,20)21)23-24(15)4/h8-11H,5-7H2,1-4H3. The second-order valence-corrected chi connectivity index (χ2v) is 8.39. The van der Waals surface area contributed by atoms with E-state index in [2.05, 4.69) is 10.1 Å². The Hall–Kier alpha value is -2.40. The number of aromatic nitrogens is 4. The highest BCUT2D eigenvalue weighted by Crippen LogP contribution is 2.33. The van der Waals surface area contributed by atoms with Crippen LogP contribution in [0.25, 0.3) is 22.6 Å². The van der Waals surface area contributed by atoms with E-state index in [9.17, 15) is 21.6 Å². The van der Waals surface area contributed by atoms with Crippen LogP contribution in [0, 0.1) is 0 Å². The molecule has 0 aliphatic carbocycles. The first-order valence-corrected chi connectivity index (χ1v) is 10.6.